The van der Waals surface area contributed by atoms with Crippen LogP contribution < -0.4 is 9.46 Å². The van der Waals surface area contributed by atoms with Crippen molar-refractivity contribution in [1.29, 1.82) is 0 Å². The molecule has 2 aliphatic rings. The molecule has 0 spiro atoms. The number of ether oxygens (including phenoxy) is 1. The Labute approximate surface area is 183 Å². The van der Waals surface area contributed by atoms with E-state index in [0.29, 0.717) is 24.2 Å². The normalized spacial score (nSPS) is 19.3. The Morgan fingerprint density at radius 3 is 2.58 bits per heavy atom. The third-order valence-electron chi connectivity index (χ3n) is 6.24. The molecule has 2 aromatic heterocycles. The number of aromatic nitrogens is 2. The van der Waals surface area contributed by atoms with Gasteiger partial charge in [-0.05, 0) is 62.9 Å². The molecule has 1 saturated carbocycles. The lowest BCUT2D eigenvalue weighted by molar-refractivity contribution is 0.101. The zero-order valence-corrected chi connectivity index (χ0v) is 18.8. The molecule has 1 aliphatic heterocycles. The number of hydrogen-bond acceptors (Lipinski definition) is 6. The quantitative estimate of drug-likeness (QED) is 0.754. The number of sulfonamides is 1. The maximum atomic E-state index is 15.1. The lowest BCUT2D eigenvalue weighted by Gasteiger charge is -2.28. The minimum atomic E-state index is -3.92. The van der Waals surface area contributed by atoms with E-state index in [1.807, 2.05) is 0 Å². The van der Waals surface area contributed by atoms with Gasteiger partial charge in [0.25, 0.3) is 10.0 Å². The standard InChI is InChI=1S/C22H29FN4O3S/c1-27-12-8-16-14-19(21(30-2)25-18(16)9-13-27)26-31(28,29)17-6-7-20(24-15-17)22(23)10-4-3-5-11-22/h6-7,14-15,26H,3-5,8-13H2,1-2H3. The van der Waals surface area contributed by atoms with E-state index in [2.05, 4.69) is 26.6 Å². The van der Waals surface area contributed by atoms with Gasteiger partial charge in [0.05, 0.1) is 12.8 Å². The molecule has 0 aromatic carbocycles. The number of nitrogens with zero attached hydrogens (tertiary/aromatic N) is 3. The fourth-order valence-electron chi connectivity index (χ4n) is 4.33. The van der Waals surface area contributed by atoms with Gasteiger partial charge in [-0.3, -0.25) is 9.71 Å². The molecule has 1 aliphatic carbocycles. The van der Waals surface area contributed by atoms with Gasteiger partial charge in [-0.15, -0.1) is 0 Å². The first-order valence-electron chi connectivity index (χ1n) is 10.7. The molecule has 1 fully saturated rings. The van der Waals surface area contributed by atoms with E-state index in [1.165, 1.54) is 25.4 Å². The van der Waals surface area contributed by atoms with E-state index in [1.54, 1.807) is 6.07 Å². The maximum Gasteiger partial charge on any atom is 0.263 e. The van der Waals surface area contributed by atoms with Crippen LogP contribution in [0.3, 0.4) is 0 Å². The minimum Gasteiger partial charge on any atom is -0.479 e. The summed E-state index contributed by atoms with van der Waals surface area (Å²) in [5.41, 5.74) is 1.07. The van der Waals surface area contributed by atoms with Crippen LogP contribution in [0.4, 0.5) is 10.1 Å². The third kappa shape index (κ3) is 4.67. The van der Waals surface area contributed by atoms with Crippen molar-refractivity contribution in [2.75, 3.05) is 32.0 Å². The number of halogens is 1. The van der Waals surface area contributed by atoms with E-state index in [-0.39, 0.29) is 10.8 Å². The largest absolute Gasteiger partial charge is 0.479 e. The molecule has 0 atom stereocenters. The molecule has 0 saturated heterocycles. The third-order valence-corrected chi connectivity index (χ3v) is 7.59. The summed E-state index contributed by atoms with van der Waals surface area (Å²) >= 11 is 0. The van der Waals surface area contributed by atoms with Crippen molar-refractivity contribution in [2.45, 2.75) is 55.5 Å². The van der Waals surface area contributed by atoms with Crippen LogP contribution in [0.5, 0.6) is 5.88 Å². The molecule has 7 nitrogen and oxygen atoms in total. The molecular formula is C22H29FN4O3S. The molecule has 0 bridgehead atoms. The Morgan fingerprint density at radius 2 is 1.90 bits per heavy atom. The molecule has 1 N–H and O–H groups in total. The van der Waals surface area contributed by atoms with Crippen LogP contribution in [0, 0.1) is 0 Å². The van der Waals surface area contributed by atoms with Crippen molar-refractivity contribution in [3.63, 3.8) is 0 Å². The molecule has 31 heavy (non-hydrogen) atoms. The number of hydrogen-bond donors (Lipinski definition) is 1. The summed E-state index contributed by atoms with van der Waals surface area (Å²) in [6, 6.07) is 4.71. The van der Waals surface area contributed by atoms with Gasteiger partial charge in [0.2, 0.25) is 5.88 Å². The zero-order valence-electron chi connectivity index (χ0n) is 18.0. The predicted octanol–water partition coefficient (Wildman–Crippen LogP) is 3.45. The van der Waals surface area contributed by atoms with Crippen LogP contribution in [0.1, 0.15) is 49.1 Å². The van der Waals surface area contributed by atoms with Crippen molar-refractivity contribution in [3.8, 4) is 5.88 Å². The fraction of sp³-hybridized carbons (Fsp3) is 0.545. The number of alkyl halides is 1. The summed E-state index contributed by atoms with van der Waals surface area (Å²) in [5, 5.41) is 0. The Bertz CT molecular complexity index is 1040. The summed E-state index contributed by atoms with van der Waals surface area (Å²) < 4.78 is 49.1. The van der Waals surface area contributed by atoms with E-state index < -0.39 is 15.7 Å². The molecule has 9 heteroatoms. The highest BCUT2D eigenvalue weighted by Gasteiger charge is 2.35. The molecule has 0 radical (unpaired) electrons. The lowest BCUT2D eigenvalue weighted by Crippen LogP contribution is -2.25. The Balaban J connectivity index is 1.59. The number of nitrogens with one attached hydrogen (secondary N) is 1. The van der Waals surface area contributed by atoms with Crippen LogP contribution in [-0.2, 0) is 28.5 Å². The Kier molecular flexibility index (Phi) is 6.16. The van der Waals surface area contributed by atoms with Crippen LogP contribution in [0.25, 0.3) is 0 Å². The van der Waals surface area contributed by atoms with E-state index >= 15 is 4.39 Å². The van der Waals surface area contributed by atoms with Gasteiger partial charge in [-0.2, -0.15) is 0 Å². The number of likely N-dealkylation sites (N-methyl/N-ethyl adjacent to an activating group) is 1. The summed E-state index contributed by atoms with van der Waals surface area (Å²) in [6.07, 6.45) is 6.31. The van der Waals surface area contributed by atoms with Crippen LogP contribution >= 0.6 is 0 Å². The van der Waals surface area contributed by atoms with Crippen molar-refractivity contribution in [2.24, 2.45) is 0 Å². The number of rotatable bonds is 5. The van der Waals surface area contributed by atoms with E-state index in [4.69, 9.17) is 4.74 Å². The molecule has 168 valence electrons. The van der Waals surface area contributed by atoms with Crippen molar-refractivity contribution < 1.29 is 17.5 Å². The summed E-state index contributed by atoms with van der Waals surface area (Å²) in [5.74, 6) is 0.237. The highest BCUT2D eigenvalue weighted by molar-refractivity contribution is 7.92. The van der Waals surface area contributed by atoms with Crippen molar-refractivity contribution >= 4 is 15.7 Å². The maximum absolute atomic E-state index is 15.1. The Morgan fingerprint density at radius 1 is 1.16 bits per heavy atom. The summed E-state index contributed by atoms with van der Waals surface area (Å²) in [4.78, 5) is 10.9. The van der Waals surface area contributed by atoms with Crippen LogP contribution in [0.2, 0.25) is 0 Å². The number of pyridine rings is 2. The molecule has 0 unspecified atom stereocenters. The second-order valence-corrected chi connectivity index (χ2v) is 10.1. The fourth-order valence-corrected chi connectivity index (χ4v) is 5.32. The second-order valence-electron chi connectivity index (χ2n) is 8.46. The molecule has 2 aromatic rings. The molecular weight excluding hydrogens is 419 g/mol. The second kappa shape index (κ2) is 8.70. The van der Waals surface area contributed by atoms with E-state index in [9.17, 15) is 8.42 Å². The summed E-state index contributed by atoms with van der Waals surface area (Å²) in [7, 11) is -0.402. The van der Waals surface area contributed by atoms with Crippen molar-refractivity contribution in [1.82, 2.24) is 14.9 Å². The molecule has 0 amide bonds. The lowest BCUT2D eigenvalue weighted by atomic mass is 9.84. The van der Waals surface area contributed by atoms with Gasteiger partial charge in [0, 0.05) is 31.4 Å². The molecule has 3 heterocycles. The van der Waals surface area contributed by atoms with Gasteiger partial charge in [-0.1, -0.05) is 6.42 Å². The van der Waals surface area contributed by atoms with Gasteiger partial charge in [-0.25, -0.2) is 17.8 Å². The van der Waals surface area contributed by atoms with Crippen LogP contribution in [-0.4, -0.2) is 50.5 Å². The van der Waals surface area contributed by atoms with Crippen LogP contribution in [0.15, 0.2) is 29.3 Å². The van der Waals surface area contributed by atoms with E-state index in [0.717, 1.165) is 56.5 Å². The average Bonchev–Trinajstić information content (AvgIpc) is 2.95. The highest BCUT2D eigenvalue weighted by Crippen LogP contribution is 2.40. The molecule has 4 rings (SSSR count). The van der Waals surface area contributed by atoms with Gasteiger partial charge >= 0.3 is 0 Å². The number of anilines is 1. The SMILES string of the molecule is COc1nc2c(cc1NS(=O)(=O)c1ccc(C3(F)CCCCC3)nc1)CCN(C)CC2. The first-order valence-corrected chi connectivity index (χ1v) is 12.2. The summed E-state index contributed by atoms with van der Waals surface area (Å²) in [6.45, 7) is 1.77. The first-order chi connectivity index (χ1) is 14.8. The number of fused-ring (bicyclic) bond motifs is 1. The predicted molar refractivity (Wildman–Crippen MR) is 117 cm³/mol. The Hall–Kier alpha value is -2.26. The minimum absolute atomic E-state index is 0.0209. The average molecular weight is 449 g/mol. The smallest absolute Gasteiger partial charge is 0.263 e. The van der Waals surface area contributed by atoms with Gasteiger partial charge in [0.15, 0.2) is 5.67 Å². The van der Waals surface area contributed by atoms with Crippen molar-refractivity contribution in [3.05, 3.63) is 41.3 Å². The topological polar surface area (TPSA) is 84.4 Å². The van der Waals surface area contributed by atoms with Gasteiger partial charge < -0.3 is 9.64 Å². The first kappa shape index (κ1) is 22.0. The van der Waals surface area contributed by atoms with Gasteiger partial charge in [0.1, 0.15) is 10.6 Å². The zero-order chi connectivity index (χ0) is 22.1. The monoisotopic (exact) mass is 448 g/mol. The highest BCUT2D eigenvalue weighted by atomic mass is 32.2. The number of methoxy groups -OCH3 is 1.